The molecule has 3 fully saturated rings. The monoisotopic (exact) mass is 422 g/mol. The zero-order valence-corrected chi connectivity index (χ0v) is 19.5. The highest BCUT2D eigenvalue weighted by Gasteiger charge is 2.43. The molecular weight excluding hydrogens is 380 g/mol. The van der Waals surface area contributed by atoms with Crippen LogP contribution in [0, 0.1) is 17.3 Å². The fourth-order valence-corrected chi connectivity index (χ4v) is 6.95. The van der Waals surface area contributed by atoms with E-state index in [-0.39, 0.29) is 11.3 Å². The average Bonchev–Trinajstić information content (AvgIpc) is 3.32. The summed E-state index contributed by atoms with van der Waals surface area (Å²) in [7, 11) is 0. The first kappa shape index (κ1) is 21.7. The summed E-state index contributed by atoms with van der Waals surface area (Å²) in [6, 6.07) is 0.794. The lowest BCUT2D eigenvalue weighted by atomic mass is 9.65. The van der Waals surface area contributed by atoms with Crippen molar-refractivity contribution in [3.05, 3.63) is 48.1 Å². The molecule has 0 radical (unpaired) electrons. The standard InChI is InChI=1S/C28H42N2O/c1-27-14-6-3-9-24(27)11-10-23(21-27)26(28(31)15-4-2-5-16-28)22-29-19-12-25(13-20-29)30-17-7-8-18-30/h3,6,9-11,14,21,24-26,31H,2,4-5,7-8,12-13,15-20,22H2,1H3/t24?,26?,27-/m0/s1. The maximum Gasteiger partial charge on any atom is 0.0728 e. The first-order chi connectivity index (χ1) is 15.1. The lowest BCUT2D eigenvalue weighted by Crippen LogP contribution is -2.50. The number of likely N-dealkylation sites (tertiary alicyclic amines) is 2. The Labute approximate surface area is 189 Å². The number of allylic oxidation sites excluding steroid dienone is 7. The summed E-state index contributed by atoms with van der Waals surface area (Å²) in [5.41, 5.74) is 0.882. The Morgan fingerprint density at radius 2 is 1.71 bits per heavy atom. The largest absolute Gasteiger partial charge is 0.389 e. The summed E-state index contributed by atoms with van der Waals surface area (Å²) < 4.78 is 0. The van der Waals surface area contributed by atoms with Crippen LogP contribution in [0.1, 0.15) is 64.7 Å². The Kier molecular flexibility index (Phi) is 6.29. The summed E-state index contributed by atoms with van der Waals surface area (Å²) >= 11 is 0. The second-order valence-corrected chi connectivity index (χ2v) is 11.1. The number of aliphatic hydroxyl groups is 1. The van der Waals surface area contributed by atoms with Gasteiger partial charge in [-0.3, -0.25) is 0 Å². The summed E-state index contributed by atoms with van der Waals surface area (Å²) in [5, 5.41) is 11.9. The Balaban J connectivity index is 1.33. The second kappa shape index (κ2) is 9.00. The predicted molar refractivity (Wildman–Crippen MR) is 129 cm³/mol. The van der Waals surface area contributed by atoms with Gasteiger partial charge in [0.2, 0.25) is 0 Å². The quantitative estimate of drug-likeness (QED) is 0.667. The Bertz CT molecular complexity index is 745. The van der Waals surface area contributed by atoms with E-state index >= 15 is 0 Å². The fourth-order valence-electron chi connectivity index (χ4n) is 6.95. The van der Waals surface area contributed by atoms with Gasteiger partial charge in [0.05, 0.1) is 5.60 Å². The van der Waals surface area contributed by atoms with E-state index in [0.717, 1.165) is 25.4 Å². The molecule has 0 aromatic rings. The summed E-state index contributed by atoms with van der Waals surface area (Å²) in [6.07, 6.45) is 27.2. The van der Waals surface area contributed by atoms with Gasteiger partial charge < -0.3 is 14.9 Å². The predicted octanol–water partition coefficient (Wildman–Crippen LogP) is 5.10. The molecule has 3 heteroatoms. The Morgan fingerprint density at radius 3 is 2.45 bits per heavy atom. The Hall–Kier alpha value is -1.16. The molecule has 3 nitrogen and oxygen atoms in total. The third-order valence-electron chi connectivity index (χ3n) is 9.00. The molecular formula is C28H42N2O. The topological polar surface area (TPSA) is 26.7 Å². The van der Waals surface area contributed by atoms with Gasteiger partial charge in [0.25, 0.3) is 0 Å². The summed E-state index contributed by atoms with van der Waals surface area (Å²) in [6.45, 7) is 8.36. The van der Waals surface area contributed by atoms with E-state index in [4.69, 9.17) is 0 Å². The van der Waals surface area contributed by atoms with Gasteiger partial charge >= 0.3 is 0 Å². The summed E-state index contributed by atoms with van der Waals surface area (Å²) in [5.74, 6) is 0.670. The lowest BCUT2D eigenvalue weighted by molar-refractivity contribution is -0.0486. The minimum atomic E-state index is -0.544. The van der Waals surface area contributed by atoms with Crippen LogP contribution >= 0.6 is 0 Å². The van der Waals surface area contributed by atoms with Gasteiger partial charge in [-0.25, -0.2) is 0 Å². The molecule has 5 aliphatic rings. The van der Waals surface area contributed by atoms with E-state index in [9.17, 15) is 5.11 Å². The van der Waals surface area contributed by atoms with Crippen LogP contribution < -0.4 is 0 Å². The van der Waals surface area contributed by atoms with E-state index in [1.165, 1.54) is 76.7 Å². The number of nitrogens with zero attached hydrogens (tertiary/aromatic N) is 2. The normalized spacial score (nSPS) is 35.2. The van der Waals surface area contributed by atoms with Crippen LogP contribution in [0.15, 0.2) is 48.1 Å². The zero-order chi connectivity index (χ0) is 21.3. The maximum atomic E-state index is 11.9. The SMILES string of the molecule is C[C@@]12C=CC=CC1C=CC(C(CN1CCC(N3CCCC3)CC1)C1(O)CCCCC1)=C2. The van der Waals surface area contributed by atoms with Gasteiger partial charge in [0.15, 0.2) is 0 Å². The van der Waals surface area contributed by atoms with Crippen LogP contribution in [-0.4, -0.2) is 59.3 Å². The van der Waals surface area contributed by atoms with Gasteiger partial charge in [0.1, 0.15) is 0 Å². The molecule has 3 aliphatic carbocycles. The highest BCUT2D eigenvalue weighted by molar-refractivity contribution is 5.40. The smallest absolute Gasteiger partial charge is 0.0728 e. The molecule has 2 unspecified atom stereocenters. The van der Waals surface area contributed by atoms with E-state index in [1.807, 2.05) is 0 Å². The van der Waals surface area contributed by atoms with Crippen molar-refractivity contribution in [1.82, 2.24) is 9.80 Å². The van der Waals surface area contributed by atoms with Crippen LogP contribution in [0.3, 0.4) is 0 Å². The van der Waals surface area contributed by atoms with Crippen LogP contribution in [0.5, 0.6) is 0 Å². The molecule has 1 N–H and O–H groups in total. The van der Waals surface area contributed by atoms with Gasteiger partial charge in [-0.2, -0.15) is 0 Å². The van der Waals surface area contributed by atoms with Crippen molar-refractivity contribution in [3.63, 3.8) is 0 Å². The number of fused-ring (bicyclic) bond motifs is 1. The minimum Gasteiger partial charge on any atom is -0.389 e. The molecule has 170 valence electrons. The minimum absolute atomic E-state index is 0.0465. The van der Waals surface area contributed by atoms with Crippen molar-refractivity contribution in [1.29, 1.82) is 0 Å². The number of hydrogen-bond acceptors (Lipinski definition) is 3. The van der Waals surface area contributed by atoms with Crippen LogP contribution in [0.25, 0.3) is 0 Å². The van der Waals surface area contributed by atoms with Crippen molar-refractivity contribution in [2.45, 2.75) is 76.4 Å². The van der Waals surface area contributed by atoms with Crippen LogP contribution in [0.4, 0.5) is 0 Å². The Morgan fingerprint density at radius 1 is 0.968 bits per heavy atom. The van der Waals surface area contributed by atoms with Gasteiger partial charge in [-0.05, 0) is 70.3 Å². The molecule has 0 bridgehead atoms. The van der Waals surface area contributed by atoms with Crippen LogP contribution in [-0.2, 0) is 0 Å². The number of rotatable bonds is 5. The van der Waals surface area contributed by atoms with E-state index in [1.54, 1.807) is 0 Å². The zero-order valence-electron chi connectivity index (χ0n) is 19.5. The van der Waals surface area contributed by atoms with E-state index in [2.05, 4.69) is 59.3 Å². The van der Waals surface area contributed by atoms with Gasteiger partial charge in [-0.15, -0.1) is 0 Å². The number of piperidine rings is 1. The first-order valence-electron chi connectivity index (χ1n) is 13.0. The molecule has 3 atom stereocenters. The molecule has 2 aliphatic heterocycles. The molecule has 0 aromatic carbocycles. The first-order valence-corrected chi connectivity index (χ1v) is 13.0. The highest BCUT2D eigenvalue weighted by atomic mass is 16.3. The average molecular weight is 423 g/mol. The van der Waals surface area contributed by atoms with Crippen molar-refractivity contribution < 1.29 is 5.11 Å². The fraction of sp³-hybridized carbons (Fsp3) is 0.714. The van der Waals surface area contributed by atoms with Crippen molar-refractivity contribution in [3.8, 4) is 0 Å². The van der Waals surface area contributed by atoms with E-state index < -0.39 is 5.60 Å². The molecule has 1 saturated carbocycles. The molecule has 31 heavy (non-hydrogen) atoms. The van der Waals surface area contributed by atoms with Crippen molar-refractivity contribution in [2.24, 2.45) is 17.3 Å². The third-order valence-corrected chi connectivity index (χ3v) is 9.00. The van der Waals surface area contributed by atoms with Crippen molar-refractivity contribution >= 4 is 0 Å². The third kappa shape index (κ3) is 4.51. The molecule has 0 aromatic heterocycles. The van der Waals surface area contributed by atoms with Crippen LogP contribution in [0.2, 0.25) is 0 Å². The summed E-state index contributed by atoms with van der Waals surface area (Å²) in [4.78, 5) is 5.41. The van der Waals surface area contributed by atoms with Gasteiger partial charge in [-0.1, -0.05) is 68.7 Å². The highest BCUT2D eigenvalue weighted by Crippen LogP contribution is 2.45. The maximum absolute atomic E-state index is 11.9. The lowest BCUT2D eigenvalue weighted by Gasteiger charge is -2.46. The molecule has 5 rings (SSSR count). The second-order valence-electron chi connectivity index (χ2n) is 11.1. The molecule has 2 heterocycles. The number of hydrogen-bond donors (Lipinski definition) is 1. The molecule has 0 spiro atoms. The molecule has 0 amide bonds. The molecule has 2 saturated heterocycles. The van der Waals surface area contributed by atoms with E-state index in [0.29, 0.717) is 5.92 Å². The van der Waals surface area contributed by atoms with Crippen molar-refractivity contribution in [2.75, 3.05) is 32.7 Å². The van der Waals surface area contributed by atoms with Gasteiger partial charge in [0, 0.05) is 29.8 Å².